The van der Waals surface area contributed by atoms with Crippen molar-refractivity contribution in [3.05, 3.63) is 30.5 Å². The van der Waals surface area contributed by atoms with Crippen molar-refractivity contribution in [3.63, 3.8) is 0 Å². The van der Waals surface area contributed by atoms with E-state index < -0.39 is 0 Å². The molecule has 0 saturated carbocycles. The Morgan fingerprint density at radius 2 is 2.60 bits per heavy atom. The number of hydrogen-bond acceptors (Lipinski definition) is 3. The average molecular weight is 156 g/mol. The quantitative estimate of drug-likeness (QED) is 0.539. The van der Waals surface area contributed by atoms with Gasteiger partial charge in [0.05, 0.1) is 18.3 Å². The molecule has 1 aromatic rings. The molecule has 1 N–H and O–H groups in total. The second-order valence-electron chi connectivity index (χ2n) is 1.82. The third kappa shape index (κ3) is 1.43. The zero-order valence-electron chi connectivity index (χ0n) is 5.41. The van der Waals surface area contributed by atoms with Gasteiger partial charge in [-0.2, -0.15) is 0 Å². The highest BCUT2D eigenvalue weighted by Gasteiger charge is 2.02. The molecule has 0 aliphatic rings. The van der Waals surface area contributed by atoms with Crippen LogP contribution in [0.3, 0.4) is 0 Å². The van der Waals surface area contributed by atoms with E-state index in [0.29, 0.717) is 17.1 Å². The smallest absolute Gasteiger partial charge is 0.190 e. The van der Waals surface area contributed by atoms with Gasteiger partial charge in [-0.25, -0.2) is 0 Å². The van der Waals surface area contributed by atoms with E-state index in [1.807, 2.05) is 6.07 Å². The molecule has 54 valence electrons. The van der Waals surface area contributed by atoms with Crippen molar-refractivity contribution in [2.24, 2.45) is 0 Å². The molecular weight excluding hydrogens is 148 g/mol. The first-order valence-electron chi connectivity index (χ1n) is 2.87. The second kappa shape index (κ2) is 3.49. The van der Waals surface area contributed by atoms with Crippen molar-refractivity contribution >= 4 is 12.0 Å². The standard InChI is InChI=1S/C7H8O2S/c1-2-3-6-4-5-9-7(6)10-8/h2,4-5,8H,1,3H2. The van der Waals surface area contributed by atoms with Gasteiger partial charge in [0.25, 0.3) is 0 Å². The van der Waals surface area contributed by atoms with Gasteiger partial charge in [-0.05, 0) is 12.5 Å². The van der Waals surface area contributed by atoms with Crippen LogP contribution in [0.2, 0.25) is 0 Å². The molecule has 3 heteroatoms. The van der Waals surface area contributed by atoms with Gasteiger partial charge < -0.3 is 8.97 Å². The van der Waals surface area contributed by atoms with E-state index >= 15 is 0 Å². The third-order valence-corrected chi connectivity index (χ3v) is 1.68. The van der Waals surface area contributed by atoms with Gasteiger partial charge in [0.1, 0.15) is 0 Å². The lowest BCUT2D eigenvalue weighted by Crippen LogP contribution is -1.76. The van der Waals surface area contributed by atoms with Crippen LogP contribution in [0.25, 0.3) is 0 Å². The van der Waals surface area contributed by atoms with Crippen LogP contribution in [0, 0.1) is 0 Å². The monoisotopic (exact) mass is 156 g/mol. The fraction of sp³-hybridized carbons (Fsp3) is 0.143. The SMILES string of the molecule is C=CCc1ccoc1SO. The van der Waals surface area contributed by atoms with Crippen molar-refractivity contribution < 1.29 is 8.97 Å². The van der Waals surface area contributed by atoms with Crippen LogP contribution >= 0.6 is 12.0 Å². The van der Waals surface area contributed by atoms with E-state index in [9.17, 15) is 0 Å². The fourth-order valence-electron chi connectivity index (χ4n) is 0.709. The Kier molecular flexibility index (Phi) is 2.59. The summed E-state index contributed by atoms with van der Waals surface area (Å²) in [7, 11) is 0. The zero-order valence-corrected chi connectivity index (χ0v) is 6.23. The molecule has 0 aliphatic carbocycles. The Morgan fingerprint density at radius 3 is 3.20 bits per heavy atom. The van der Waals surface area contributed by atoms with Crippen molar-refractivity contribution in [1.29, 1.82) is 0 Å². The lowest BCUT2D eigenvalue weighted by Gasteiger charge is -1.90. The molecule has 0 saturated heterocycles. The van der Waals surface area contributed by atoms with Gasteiger partial charge in [-0.15, -0.1) is 6.58 Å². The normalized spacial score (nSPS) is 9.70. The molecule has 0 amide bonds. The largest absolute Gasteiger partial charge is 0.456 e. The van der Waals surface area contributed by atoms with Crippen molar-refractivity contribution in [2.75, 3.05) is 0 Å². The molecule has 0 spiro atoms. The maximum atomic E-state index is 8.62. The van der Waals surface area contributed by atoms with Crippen LogP contribution in [-0.4, -0.2) is 4.55 Å². The molecule has 0 aromatic carbocycles. The molecule has 0 aliphatic heterocycles. The summed E-state index contributed by atoms with van der Waals surface area (Å²) < 4.78 is 13.6. The van der Waals surface area contributed by atoms with E-state index in [1.54, 1.807) is 12.3 Å². The molecule has 0 atom stereocenters. The fourth-order valence-corrected chi connectivity index (χ4v) is 1.08. The summed E-state index contributed by atoms with van der Waals surface area (Å²) in [5, 5.41) is 0.555. The Bertz CT molecular complexity index is 217. The Hall–Kier alpha value is -0.670. The van der Waals surface area contributed by atoms with Crippen LogP contribution < -0.4 is 0 Å². The molecule has 2 nitrogen and oxygen atoms in total. The highest BCUT2D eigenvalue weighted by Crippen LogP contribution is 2.21. The minimum atomic E-state index is 0.555. The molecule has 0 fully saturated rings. The van der Waals surface area contributed by atoms with Crippen LogP contribution in [-0.2, 0) is 6.42 Å². The van der Waals surface area contributed by atoms with Crippen LogP contribution in [0.5, 0.6) is 0 Å². The van der Waals surface area contributed by atoms with Gasteiger partial charge in [0.2, 0.25) is 0 Å². The minimum Gasteiger partial charge on any atom is -0.456 e. The van der Waals surface area contributed by atoms with Gasteiger partial charge in [-0.1, -0.05) is 6.08 Å². The molecule has 1 rings (SSSR count). The second-order valence-corrected chi connectivity index (χ2v) is 2.37. The van der Waals surface area contributed by atoms with Gasteiger partial charge >= 0.3 is 0 Å². The summed E-state index contributed by atoms with van der Waals surface area (Å²) in [4.78, 5) is 0. The maximum Gasteiger partial charge on any atom is 0.190 e. The minimum absolute atomic E-state index is 0.555. The lowest BCUT2D eigenvalue weighted by molar-refractivity contribution is 0.457. The molecule has 0 unspecified atom stereocenters. The van der Waals surface area contributed by atoms with E-state index in [2.05, 4.69) is 6.58 Å². The van der Waals surface area contributed by atoms with Crippen molar-refractivity contribution in [2.45, 2.75) is 11.5 Å². The lowest BCUT2D eigenvalue weighted by atomic mass is 10.2. The molecule has 1 heterocycles. The first-order valence-corrected chi connectivity index (χ1v) is 3.64. The maximum absolute atomic E-state index is 8.62. The van der Waals surface area contributed by atoms with Gasteiger partial charge in [0, 0.05) is 5.56 Å². The van der Waals surface area contributed by atoms with Crippen molar-refractivity contribution in [3.8, 4) is 0 Å². The number of allylic oxidation sites excluding steroid dienone is 1. The predicted molar refractivity (Wildman–Crippen MR) is 41.1 cm³/mol. The first kappa shape index (κ1) is 7.44. The summed E-state index contributed by atoms with van der Waals surface area (Å²) in [6, 6.07) is 1.82. The average Bonchev–Trinajstić information content (AvgIpc) is 2.36. The summed E-state index contributed by atoms with van der Waals surface area (Å²) >= 11 is 0.628. The third-order valence-electron chi connectivity index (χ3n) is 1.15. The highest BCUT2D eigenvalue weighted by molar-refractivity contribution is 7.93. The zero-order chi connectivity index (χ0) is 7.40. The number of rotatable bonds is 3. The number of furan rings is 1. The van der Waals surface area contributed by atoms with Crippen molar-refractivity contribution in [1.82, 2.24) is 0 Å². The summed E-state index contributed by atoms with van der Waals surface area (Å²) in [5.74, 6) is 0. The van der Waals surface area contributed by atoms with E-state index in [0.717, 1.165) is 12.0 Å². The highest BCUT2D eigenvalue weighted by atomic mass is 32.2. The Labute approximate surface area is 63.8 Å². The summed E-state index contributed by atoms with van der Waals surface area (Å²) in [5.41, 5.74) is 0.975. The van der Waals surface area contributed by atoms with Gasteiger partial charge in [0.15, 0.2) is 5.09 Å². The van der Waals surface area contributed by atoms with E-state index in [1.165, 1.54) is 0 Å². The molecule has 0 radical (unpaired) electrons. The molecule has 10 heavy (non-hydrogen) atoms. The molecular formula is C7H8O2S. The molecule has 0 bridgehead atoms. The van der Waals surface area contributed by atoms with E-state index in [4.69, 9.17) is 8.97 Å². The van der Waals surface area contributed by atoms with E-state index in [-0.39, 0.29) is 0 Å². The van der Waals surface area contributed by atoms with Crippen LogP contribution in [0.1, 0.15) is 5.56 Å². The summed E-state index contributed by atoms with van der Waals surface area (Å²) in [6.45, 7) is 3.58. The van der Waals surface area contributed by atoms with Crippen LogP contribution in [0.4, 0.5) is 0 Å². The van der Waals surface area contributed by atoms with Crippen LogP contribution in [0.15, 0.2) is 34.5 Å². The topological polar surface area (TPSA) is 33.4 Å². The first-order chi connectivity index (χ1) is 4.88. The van der Waals surface area contributed by atoms with Gasteiger partial charge in [-0.3, -0.25) is 0 Å². The summed E-state index contributed by atoms with van der Waals surface area (Å²) in [6.07, 6.45) is 4.06. The predicted octanol–water partition coefficient (Wildman–Crippen LogP) is 2.57. The molecule has 1 aromatic heterocycles. The number of hydrogen-bond donors (Lipinski definition) is 1. The Balaban J connectivity index is 2.79. The Morgan fingerprint density at radius 1 is 1.80 bits per heavy atom.